The predicted octanol–water partition coefficient (Wildman–Crippen LogP) is 2.16. The zero-order chi connectivity index (χ0) is 6.85. The van der Waals surface area contributed by atoms with Crippen molar-refractivity contribution in [2.24, 2.45) is 0 Å². The lowest BCUT2D eigenvalue weighted by Crippen LogP contribution is -1.81. The summed E-state index contributed by atoms with van der Waals surface area (Å²) in [5, 5.41) is 0.0957. The van der Waals surface area contributed by atoms with Crippen LogP contribution in [0.25, 0.3) is 0 Å². The summed E-state index contributed by atoms with van der Waals surface area (Å²) < 4.78 is 12.1. The molecule has 0 aromatic carbocycles. The molecular formula is C5H3ClFNS. The first kappa shape index (κ1) is 6.83. The van der Waals surface area contributed by atoms with E-state index >= 15 is 0 Å². The largest absolute Gasteiger partial charge is 0.214 e. The molecular weight excluding hydrogens is 161 g/mol. The number of rotatable bonds is 0. The lowest BCUT2D eigenvalue weighted by atomic mass is 10.5. The number of halogens is 2. The molecule has 1 nitrogen and oxygen atoms in total. The normalized spacial score (nSPS) is 9.67. The van der Waals surface area contributed by atoms with Crippen molar-refractivity contribution in [3.05, 3.63) is 23.2 Å². The van der Waals surface area contributed by atoms with Crippen LogP contribution in [0.5, 0.6) is 0 Å². The van der Waals surface area contributed by atoms with E-state index in [0.717, 1.165) is 0 Å². The monoisotopic (exact) mass is 163 g/mol. The highest BCUT2D eigenvalue weighted by Gasteiger charge is 1.96. The van der Waals surface area contributed by atoms with Crippen molar-refractivity contribution in [1.82, 2.24) is 4.98 Å². The minimum atomic E-state index is -0.585. The standard InChI is InChI=1S/C5H3ClFNS/c6-5-3(9)1-2-4(7)8-5/h1-2,9H. The van der Waals surface area contributed by atoms with Gasteiger partial charge in [0.2, 0.25) is 5.95 Å². The van der Waals surface area contributed by atoms with Gasteiger partial charge < -0.3 is 0 Å². The molecule has 4 heteroatoms. The smallest absolute Gasteiger partial charge is 0.207 e. The number of thiol groups is 1. The van der Waals surface area contributed by atoms with Gasteiger partial charge in [-0.15, -0.1) is 12.6 Å². The fraction of sp³-hybridized carbons (Fsp3) is 0. The highest BCUT2D eigenvalue weighted by atomic mass is 35.5. The molecule has 0 amide bonds. The van der Waals surface area contributed by atoms with E-state index in [0.29, 0.717) is 4.90 Å². The summed E-state index contributed by atoms with van der Waals surface area (Å²) in [6, 6.07) is 2.65. The van der Waals surface area contributed by atoms with Crippen LogP contribution in [-0.4, -0.2) is 4.98 Å². The fourth-order valence-corrected chi connectivity index (χ4v) is 0.673. The molecule has 48 valence electrons. The molecule has 0 spiro atoms. The van der Waals surface area contributed by atoms with Crippen LogP contribution in [-0.2, 0) is 0 Å². The van der Waals surface area contributed by atoms with Gasteiger partial charge in [0.05, 0.1) is 0 Å². The second-order valence-electron chi connectivity index (χ2n) is 1.44. The van der Waals surface area contributed by atoms with Crippen molar-refractivity contribution in [3.8, 4) is 0 Å². The Labute approximate surface area is 62.3 Å². The maximum Gasteiger partial charge on any atom is 0.214 e. The topological polar surface area (TPSA) is 12.9 Å². The molecule has 0 atom stereocenters. The van der Waals surface area contributed by atoms with E-state index in [-0.39, 0.29) is 5.15 Å². The molecule has 0 N–H and O–H groups in total. The Morgan fingerprint density at radius 1 is 1.56 bits per heavy atom. The predicted molar refractivity (Wildman–Crippen MR) is 36.5 cm³/mol. The van der Waals surface area contributed by atoms with Gasteiger partial charge in [0.25, 0.3) is 0 Å². The Morgan fingerprint density at radius 3 is 2.67 bits per heavy atom. The van der Waals surface area contributed by atoms with Gasteiger partial charge in [-0.2, -0.15) is 4.39 Å². The molecule has 1 heterocycles. The van der Waals surface area contributed by atoms with Gasteiger partial charge in [-0.3, -0.25) is 0 Å². The Balaban J connectivity index is 3.17. The number of aromatic nitrogens is 1. The molecule has 1 rings (SSSR count). The van der Waals surface area contributed by atoms with E-state index in [1.54, 1.807) is 0 Å². The summed E-state index contributed by atoms with van der Waals surface area (Å²) in [4.78, 5) is 3.78. The molecule has 1 aromatic rings. The van der Waals surface area contributed by atoms with Crippen LogP contribution in [0.3, 0.4) is 0 Å². The first-order chi connectivity index (χ1) is 4.20. The van der Waals surface area contributed by atoms with Crippen LogP contribution >= 0.6 is 24.2 Å². The zero-order valence-electron chi connectivity index (χ0n) is 4.31. The third-order valence-corrected chi connectivity index (χ3v) is 1.58. The molecule has 0 bridgehead atoms. The van der Waals surface area contributed by atoms with Crippen molar-refractivity contribution < 1.29 is 4.39 Å². The first-order valence-corrected chi connectivity index (χ1v) is 3.03. The van der Waals surface area contributed by atoms with Crippen molar-refractivity contribution in [3.63, 3.8) is 0 Å². The molecule has 1 aromatic heterocycles. The van der Waals surface area contributed by atoms with E-state index in [9.17, 15) is 4.39 Å². The second-order valence-corrected chi connectivity index (χ2v) is 2.28. The summed E-state index contributed by atoms with van der Waals surface area (Å²) in [6.07, 6.45) is 0. The van der Waals surface area contributed by atoms with Crippen molar-refractivity contribution in [2.45, 2.75) is 4.90 Å². The highest BCUT2D eigenvalue weighted by Crippen LogP contribution is 2.15. The Kier molecular flexibility index (Phi) is 1.93. The molecule has 0 radical (unpaired) electrons. The van der Waals surface area contributed by atoms with Gasteiger partial charge in [-0.05, 0) is 12.1 Å². The Morgan fingerprint density at radius 2 is 2.22 bits per heavy atom. The van der Waals surface area contributed by atoms with Crippen LogP contribution in [0, 0.1) is 5.95 Å². The zero-order valence-corrected chi connectivity index (χ0v) is 5.96. The van der Waals surface area contributed by atoms with Crippen LogP contribution < -0.4 is 0 Å². The molecule has 0 unspecified atom stereocenters. The molecule has 0 saturated carbocycles. The molecule has 0 fully saturated rings. The summed E-state index contributed by atoms with van der Waals surface area (Å²) in [5.41, 5.74) is 0. The minimum Gasteiger partial charge on any atom is -0.207 e. The number of pyridine rings is 1. The van der Waals surface area contributed by atoms with Gasteiger partial charge in [0, 0.05) is 4.90 Å². The third-order valence-electron chi connectivity index (χ3n) is 0.795. The number of nitrogens with zero attached hydrogens (tertiary/aromatic N) is 1. The summed E-state index contributed by atoms with van der Waals surface area (Å²) >= 11 is 9.27. The number of hydrogen-bond acceptors (Lipinski definition) is 2. The van der Waals surface area contributed by atoms with Gasteiger partial charge in [0.1, 0.15) is 5.15 Å². The van der Waals surface area contributed by atoms with E-state index in [4.69, 9.17) is 11.6 Å². The molecule has 0 aliphatic carbocycles. The first-order valence-electron chi connectivity index (χ1n) is 2.21. The minimum absolute atomic E-state index is 0.0957. The van der Waals surface area contributed by atoms with Crippen LogP contribution in [0.15, 0.2) is 17.0 Å². The molecule has 0 aliphatic rings. The van der Waals surface area contributed by atoms with E-state index in [2.05, 4.69) is 17.6 Å². The Hall–Kier alpha value is -0.280. The Bertz CT molecular complexity index is 228. The van der Waals surface area contributed by atoms with E-state index < -0.39 is 5.95 Å². The quantitative estimate of drug-likeness (QED) is 0.457. The average molecular weight is 164 g/mol. The van der Waals surface area contributed by atoms with Gasteiger partial charge in [0.15, 0.2) is 0 Å². The van der Waals surface area contributed by atoms with Crippen molar-refractivity contribution in [1.29, 1.82) is 0 Å². The summed E-state index contributed by atoms with van der Waals surface area (Å²) in [5.74, 6) is -0.585. The van der Waals surface area contributed by atoms with Crippen LogP contribution in [0.1, 0.15) is 0 Å². The van der Waals surface area contributed by atoms with Gasteiger partial charge in [-0.25, -0.2) is 4.98 Å². The molecule has 0 saturated heterocycles. The van der Waals surface area contributed by atoms with E-state index in [1.807, 2.05) is 0 Å². The highest BCUT2D eigenvalue weighted by molar-refractivity contribution is 7.80. The van der Waals surface area contributed by atoms with Crippen molar-refractivity contribution >= 4 is 24.2 Å². The maximum absolute atomic E-state index is 12.1. The summed E-state index contributed by atoms with van der Waals surface area (Å²) in [7, 11) is 0. The lowest BCUT2D eigenvalue weighted by Gasteiger charge is -1.91. The number of hydrogen-bond donors (Lipinski definition) is 1. The SMILES string of the molecule is Fc1ccc(S)c(Cl)n1. The van der Waals surface area contributed by atoms with E-state index in [1.165, 1.54) is 12.1 Å². The summed E-state index contributed by atoms with van der Waals surface area (Å²) in [6.45, 7) is 0. The van der Waals surface area contributed by atoms with Crippen LogP contribution in [0.4, 0.5) is 4.39 Å². The second kappa shape index (κ2) is 2.54. The average Bonchev–Trinajstić information content (AvgIpc) is 1.80. The van der Waals surface area contributed by atoms with Gasteiger partial charge >= 0.3 is 0 Å². The lowest BCUT2D eigenvalue weighted by molar-refractivity contribution is 0.581. The van der Waals surface area contributed by atoms with Crippen molar-refractivity contribution in [2.75, 3.05) is 0 Å². The fourth-order valence-electron chi connectivity index (χ4n) is 0.405. The van der Waals surface area contributed by atoms with Gasteiger partial charge in [-0.1, -0.05) is 11.6 Å². The third kappa shape index (κ3) is 1.56. The van der Waals surface area contributed by atoms with Crippen LogP contribution in [0.2, 0.25) is 5.15 Å². The maximum atomic E-state index is 12.1. The molecule has 9 heavy (non-hydrogen) atoms. The molecule has 0 aliphatic heterocycles.